The Morgan fingerprint density at radius 1 is 1.17 bits per heavy atom. The fraction of sp³-hybridized carbons (Fsp3) is 0.800. The van der Waals surface area contributed by atoms with Gasteiger partial charge >= 0.3 is 5.97 Å². The van der Waals surface area contributed by atoms with Gasteiger partial charge in [-0.3, -0.25) is 4.79 Å². The van der Waals surface area contributed by atoms with Gasteiger partial charge in [-0.05, 0) is 6.42 Å². The first-order chi connectivity index (χ1) is 5.77. The third-order valence-electron chi connectivity index (χ3n) is 1.88. The summed E-state index contributed by atoms with van der Waals surface area (Å²) >= 11 is 0. The second-order valence-electron chi connectivity index (χ2n) is 3.11. The van der Waals surface area contributed by atoms with E-state index in [-0.39, 0.29) is 0 Å². The van der Waals surface area contributed by atoms with Crippen LogP contribution in [0.5, 0.6) is 0 Å². The maximum Gasteiger partial charge on any atom is 0.303 e. The molecule has 72 valence electrons. The zero-order valence-corrected chi connectivity index (χ0v) is 7.88. The Balaban J connectivity index is 2.86. The van der Waals surface area contributed by atoms with Gasteiger partial charge in [-0.15, -0.1) is 0 Å². The summed E-state index contributed by atoms with van der Waals surface area (Å²) in [7, 11) is 0. The second kappa shape index (κ2) is 8.57. The summed E-state index contributed by atoms with van der Waals surface area (Å²) in [5, 5.41) is 8.35. The number of rotatable bonds is 8. The van der Waals surface area contributed by atoms with Crippen LogP contribution in [0, 0.1) is 6.42 Å². The second-order valence-corrected chi connectivity index (χ2v) is 3.11. The average Bonchev–Trinajstić information content (AvgIpc) is 2.02. The Labute approximate surface area is 75.0 Å². The van der Waals surface area contributed by atoms with Crippen molar-refractivity contribution in [1.29, 1.82) is 0 Å². The smallest absolute Gasteiger partial charge is 0.303 e. The lowest BCUT2D eigenvalue weighted by Gasteiger charge is -2.03. The Bertz CT molecular complexity index is 110. The molecule has 0 aliphatic heterocycles. The summed E-state index contributed by atoms with van der Waals surface area (Å²) in [6, 6.07) is 0. The largest absolute Gasteiger partial charge is 0.481 e. The minimum absolute atomic E-state index is 0.333. The normalized spacial score (nSPS) is 10.1. The van der Waals surface area contributed by atoms with Crippen LogP contribution in [0.4, 0.5) is 0 Å². The summed E-state index contributed by atoms with van der Waals surface area (Å²) in [4.78, 5) is 10.1. The first-order valence-electron chi connectivity index (χ1n) is 4.77. The van der Waals surface area contributed by atoms with E-state index in [4.69, 9.17) is 5.11 Å². The molecule has 0 aliphatic carbocycles. The summed E-state index contributed by atoms with van der Waals surface area (Å²) in [6.07, 6.45) is 9.28. The van der Waals surface area contributed by atoms with Crippen LogP contribution in [-0.4, -0.2) is 11.1 Å². The Kier molecular flexibility index (Phi) is 8.19. The van der Waals surface area contributed by atoms with E-state index >= 15 is 0 Å². The number of carboxylic acid groups (broad SMARTS) is 1. The summed E-state index contributed by atoms with van der Waals surface area (Å²) in [5.74, 6) is -0.670. The van der Waals surface area contributed by atoms with Crippen LogP contribution >= 0.6 is 0 Å². The maximum absolute atomic E-state index is 10.1. The molecule has 0 spiro atoms. The van der Waals surface area contributed by atoms with Crippen LogP contribution in [0.3, 0.4) is 0 Å². The zero-order valence-electron chi connectivity index (χ0n) is 7.88. The van der Waals surface area contributed by atoms with Crippen molar-refractivity contribution >= 4 is 5.97 Å². The molecule has 0 radical (unpaired) electrons. The first kappa shape index (κ1) is 11.5. The van der Waals surface area contributed by atoms with Crippen molar-refractivity contribution in [2.24, 2.45) is 0 Å². The molecule has 0 heterocycles. The molecule has 0 aromatic heterocycles. The van der Waals surface area contributed by atoms with E-state index in [0.717, 1.165) is 12.8 Å². The van der Waals surface area contributed by atoms with Gasteiger partial charge in [0.05, 0.1) is 0 Å². The molecule has 0 amide bonds. The lowest BCUT2D eigenvalue weighted by molar-refractivity contribution is -0.137. The molecule has 0 aromatic carbocycles. The van der Waals surface area contributed by atoms with E-state index in [1.807, 2.05) is 0 Å². The van der Waals surface area contributed by atoms with E-state index in [9.17, 15) is 4.79 Å². The van der Waals surface area contributed by atoms with Gasteiger partial charge in [0.25, 0.3) is 0 Å². The van der Waals surface area contributed by atoms with Gasteiger partial charge in [-0.25, -0.2) is 0 Å². The molecule has 0 unspecified atom stereocenters. The van der Waals surface area contributed by atoms with Gasteiger partial charge in [0.2, 0.25) is 0 Å². The van der Waals surface area contributed by atoms with E-state index in [1.165, 1.54) is 25.7 Å². The van der Waals surface area contributed by atoms with Crippen molar-refractivity contribution in [3.8, 4) is 0 Å². The molecule has 2 nitrogen and oxygen atoms in total. The highest BCUT2D eigenvalue weighted by Crippen LogP contribution is 2.07. The maximum atomic E-state index is 10.1. The monoisotopic (exact) mass is 171 g/mol. The predicted octanol–water partition coefficient (Wildman–Crippen LogP) is 3.03. The van der Waals surface area contributed by atoms with E-state index in [2.05, 4.69) is 13.3 Å². The van der Waals surface area contributed by atoms with Crippen LogP contribution < -0.4 is 0 Å². The van der Waals surface area contributed by atoms with E-state index in [1.54, 1.807) is 0 Å². The minimum Gasteiger partial charge on any atom is -0.481 e. The van der Waals surface area contributed by atoms with Crippen molar-refractivity contribution in [3.63, 3.8) is 0 Å². The van der Waals surface area contributed by atoms with Crippen LogP contribution in [-0.2, 0) is 4.79 Å². The fourth-order valence-corrected chi connectivity index (χ4v) is 1.16. The summed E-state index contributed by atoms with van der Waals surface area (Å²) in [6.45, 7) is 2.07. The number of carboxylic acids is 1. The van der Waals surface area contributed by atoms with E-state index in [0.29, 0.717) is 6.42 Å². The molecule has 0 rings (SSSR count). The van der Waals surface area contributed by atoms with Gasteiger partial charge < -0.3 is 11.5 Å². The zero-order chi connectivity index (χ0) is 9.23. The molecule has 1 N–H and O–H groups in total. The lowest BCUT2D eigenvalue weighted by Crippen LogP contribution is -1.93. The van der Waals surface area contributed by atoms with Crippen LogP contribution in [0.2, 0.25) is 0 Å². The highest BCUT2D eigenvalue weighted by Gasteiger charge is 1.95. The van der Waals surface area contributed by atoms with Crippen molar-refractivity contribution in [3.05, 3.63) is 6.42 Å². The number of unbranched alkanes of at least 4 members (excludes halogenated alkanes) is 6. The number of hydrogen-bond donors (Lipinski definition) is 1. The van der Waals surface area contributed by atoms with Gasteiger partial charge in [0.15, 0.2) is 0 Å². The third-order valence-corrected chi connectivity index (χ3v) is 1.88. The summed E-state index contributed by atoms with van der Waals surface area (Å²) in [5.41, 5.74) is 0. The molecule has 0 aromatic rings. The van der Waals surface area contributed by atoms with Crippen LogP contribution in [0.15, 0.2) is 0 Å². The molecular weight excluding hydrogens is 152 g/mol. The molecule has 12 heavy (non-hydrogen) atoms. The van der Waals surface area contributed by atoms with Crippen LogP contribution in [0.1, 0.15) is 51.9 Å². The Hall–Kier alpha value is -0.530. The molecule has 0 bridgehead atoms. The SMILES string of the molecule is C[CH-]CCCCCCCC(=O)O. The molecular formula is C10H19O2-. The number of hydrogen-bond acceptors (Lipinski definition) is 1. The minimum atomic E-state index is -0.670. The van der Waals surface area contributed by atoms with Gasteiger partial charge in [-0.1, -0.05) is 25.7 Å². The number of carbonyl (C=O) groups is 1. The topological polar surface area (TPSA) is 37.3 Å². The molecule has 0 saturated carbocycles. The molecule has 0 saturated heterocycles. The highest BCUT2D eigenvalue weighted by molar-refractivity contribution is 5.66. The highest BCUT2D eigenvalue weighted by atomic mass is 16.4. The molecule has 0 atom stereocenters. The van der Waals surface area contributed by atoms with Crippen LogP contribution in [0.25, 0.3) is 0 Å². The van der Waals surface area contributed by atoms with Gasteiger partial charge in [0, 0.05) is 6.42 Å². The van der Waals surface area contributed by atoms with Crippen molar-refractivity contribution in [1.82, 2.24) is 0 Å². The number of aliphatic carboxylic acids is 1. The molecule has 0 aliphatic rings. The van der Waals surface area contributed by atoms with Gasteiger partial charge in [-0.2, -0.15) is 13.3 Å². The quantitative estimate of drug-likeness (QED) is 0.450. The lowest BCUT2D eigenvalue weighted by atomic mass is 10.1. The summed E-state index contributed by atoms with van der Waals surface area (Å²) < 4.78 is 0. The average molecular weight is 171 g/mol. The molecule has 2 heteroatoms. The predicted molar refractivity (Wildman–Crippen MR) is 49.9 cm³/mol. The van der Waals surface area contributed by atoms with Gasteiger partial charge in [0.1, 0.15) is 0 Å². The Morgan fingerprint density at radius 2 is 1.75 bits per heavy atom. The van der Waals surface area contributed by atoms with Crippen molar-refractivity contribution in [2.75, 3.05) is 0 Å². The fourth-order valence-electron chi connectivity index (χ4n) is 1.16. The van der Waals surface area contributed by atoms with Crippen molar-refractivity contribution < 1.29 is 9.90 Å². The third kappa shape index (κ3) is 9.47. The first-order valence-corrected chi connectivity index (χ1v) is 4.77. The van der Waals surface area contributed by atoms with Crippen molar-refractivity contribution in [2.45, 2.75) is 51.9 Å². The standard InChI is InChI=1S/C10H19O2/c1-2-3-4-5-6-7-8-9-10(11)12/h2H,3-9H2,1H3,(H,11,12)/q-1. The Morgan fingerprint density at radius 3 is 2.33 bits per heavy atom. The molecule has 0 fully saturated rings. The van der Waals surface area contributed by atoms with E-state index < -0.39 is 5.97 Å².